The van der Waals surface area contributed by atoms with Crippen LogP contribution in [0.5, 0.6) is 0 Å². The molecule has 0 unspecified atom stereocenters. The number of hydrogen-bond donors (Lipinski definition) is 1. The molecule has 2 aromatic carbocycles. The van der Waals surface area contributed by atoms with Crippen molar-refractivity contribution in [2.45, 2.75) is 6.92 Å². The topological polar surface area (TPSA) is 106 Å². The minimum absolute atomic E-state index is 0.0928. The van der Waals surface area contributed by atoms with Gasteiger partial charge in [-0.3, -0.25) is 13.9 Å². The molecule has 0 saturated heterocycles. The second-order valence-corrected chi connectivity index (χ2v) is 6.57. The van der Waals surface area contributed by atoms with E-state index >= 15 is 0 Å². The third kappa shape index (κ3) is 4.00. The number of carbonyl (C=O) groups excluding carboxylic acids is 2. The van der Waals surface area contributed by atoms with Crippen LogP contribution in [-0.4, -0.2) is 27.6 Å². The van der Waals surface area contributed by atoms with Gasteiger partial charge in [0.05, 0.1) is 23.2 Å². The lowest BCUT2D eigenvalue weighted by Gasteiger charge is -2.06. The van der Waals surface area contributed by atoms with E-state index in [0.29, 0.717) is 22.3 Å². The number of ether oxygens (including phenoxy) is 1. The molecule has 0 atom stereocenters. The molecule has 1 aromatic heterocycles. The van der Waals surface area contributed by atoms with Crippen molar-refractivity contribution in [3.05, 3.63) is 69.6 Å². The Morgan fingerprint density at radius 3 is 2.40 bits per heavy atom. The monoisotopic (exact) mass is 404 g/mol. The molecule has 0 aliphatic heterocycles. The number of benzene rings is 2. The first-order chi connectivity index (χ1) is 14.3. The van der Waals surface area contributed by atoms with Crippen LogP contribution in [0, 0.1) is 11.3 Å². The average Bonchev–Trinajstić information content (AvgIpc) is 2.96. The van der Waals surface area contributed by atoms with Gasteiger partial charge in [-0.15, -0.1) is 0 Å². The van der Waals surface area contributed by atoms with Gasteiger partial charge in [0, 0.05) is 19.8 Å². The summed E-state index contributed by atoms with van der Waals surface area (Å²) in [4.78, 5) is 36.3. The Kier molecular flexibility index (Phi) is 5.83. The molecule has 0 aliphatic carbocycles. The maximum Gasteiger partial charge on any atom is 0.338 e. The molecule has 3 aromatic rings. The van der Waals surface area contributed by atoms with Crippen LogP contribution in [0.4, 0.5) is 5.69 Å². The van der Waals surface area contributed by atoms with Gasteiger partial charge in [0.25, 0.3) is 5.91 Å². The highest BCUT2D eigenvalue weighted by atomic mass is 16.5. The minimum atomic E-state index is -0.580. The van der Waals surface area contributed by atoms with Gasteiger partial charge in [-0.1, -0.05) is 6.07 Å². The number of nitriles is 1. The number of esters is 1. The van der Waals surface area contributed by atoms with Crippen molar-refractivity contribution in [2.24, 2.45) is 14.1 Å². The molecule has 1 heterocycles. The highest BCUT2D eigenvalue weighted by Crippen LogP contribution is 2.17. The number of carbonyl (C=O) groups is 2. The predicted molar refractivity (Wildman–Crippen MR) is 113 cm³/mol. The first-order valence-corrected chi connectivity index (χ1v) is 9.21. The molecule has 8 nitrogen and oxygen atoms in total. The van der Waals surface area contributed by atoms with Gasteiger partial charge in [-0.2, -0.15) is 5.26 Å². The molecule has 152 valence electrons. The van der Waals surface area contributed by atoms with Gasteiger partial charge < -0.3 is 10.1 Å². The largest absolute Gasteiger partial charge is 0.462 e. The molecule has 3 rings (SSSR count). The number of anilines is 1. The zero-order valence-electron chi connectivity index (χ0n) is 16.8. The van der Waals surface area contributed by atoms with E-state index in [9.17, 15) is 19.6 Å². The zero-order chi connectivity index (χ0) is 21.8. The lowest BCUT2D eigenvalue weighted by molar-refractivity contribution is -0.112. The molecule has 8 heteroatoms. The van der Waals surface area contributed by atoms with Gasteiger partial charge in [-0.25, -0.2) is 9.59 Å². The highest BCUT2D eigenvalue weighted by Gasteiger charge is 2.12. The van der Waals surface area contributed by atoms with E-state index in [1.165, 1.54) is 27.3 Å². The molecule has 0 spiro atoms. The second-order valence-electron chi connectivity index (χ2n) is 6.57. The Bertz CT molecular complexity index is 1260. The SMILES string of the molecule is CCOC(=O)c1ccc(NC(=O)/C(C#N)=C/c2ccc3c(c2)n(C)c(=O)n3C)cc1. The summed E-state index contributed by atoms with van der Waals surface area (Å²) in [5.74, 6) is -1.03. The van der Waals surface area contributed by atoms with Crippen molar-refractivity contribution in [3.63, 3.8) is 0 Å². The van der Waals surface area contributed by atoms with Crippen molar-refractivity contribution in [2.75, 3.05) is 11.9 Å². The third-order valence-electron chi connectivity index (χ3n) is 4.63. The number of fused-ring (bicyclic) bond motifs is 1. The van der Waals surface area contributed by atoms with Crippen molar-refractivity contribution in [1.29, 1.82) is 5.26 Å². The van der Waals surface area contributed by atoms with Crippen molar-refractivity contribution >= 4 is 34.7 Å². The van der Waals surface area contributed by atoms with E-state index in [0.717, 1.165) is 5.52 Å². The average molecular weight is 404 g/mol. The number of aromatic nitrogens is 2. The molecule has 0 radical (unpaired) electrons. The Hall–Kier alpha value is -4.12. The number of nitrogens with one attached hydrogen (secondary N) is 1. The Morgan fingerprint density at radius 1 is 1.10 bits per heavy atom. The summed E-state index contributed by atoms with van der Waals surface area (Å²) in [6.07, 6.45) is 1.46. The lowest BCUT2D eigenvalue weighted by Crippen LogP contribution is -2.19. The van der Waals surface area contributed by atoms with Crippen LogP contribution >= 0.6 is 0 Å². The van der Waals surface area contributed by atoms with Crippen LogP contribution in [0.2, 0.25) is 0 Å². The number of rotatable bonds is 5. The van der Waals surface area contributed by atoms with Crippen LogP contribution in [0.25, 0.3) is 17.1 Å². The van der Waals surface area contributed by atoms with E-state index < -0.39 is 11.9 Å². The van der Waals surface area contributed by atoms with Crippen molar-refractivity contribution in [1.82, 2.24) is 9.13 Å². The molecule has 0 saturated carbocycles. The van der Waals surface area contributed by atoms with Gasteiger partial charge >= 0.3 is 11.7 Å². The molecule has 0 aliphatic rings. The Labute approximate surface area is 172 Å². The van der Waals surface area contributed by atoms with Gasteiger partial charge in [0.2, 0.25) is 0 Å². The Morgan fingerprint density at radius 2 is 1.77 bits per heavy atom. The second kappa shape index (κ2) is 8.49. The van der Waals surface area contributed by atoms with E-state index in [1.807, 2.05) is 6.07 Å². The predicted octanol–water partition coefficient (Wildman–Crippen LogP) is 2.60. The van der Waals surface area contributed by atoms with Gasteiger partial charge in [0.1, 0.15) is 11.6 Å². The van der Waals surface area contributed by atoms with E-state index in [1.54, 1.807) is 51.4 Å². The van der Waals surface area contributed by atoms with Gasteiger partial charge in [0.15, 0.2) is 0 Å². The van der Waals surface area contributed by atoms with E-state index in [4.69, 9.17) is 4.74 Å². The first kappa shape index (κ1) is 20.6. The normalized spacial score (nSPS) is 11.2. The first-order valence-electron chi connectivity index (χ1n) is 9.21. The summed E-state index contributed by atoms with van der Waals surface area (Å²) < 4.78 is 7.95. The van der Waals surface area contributed by atoms with Crippen LogP contribution in [-0.2, 0) is 23.6 Å². The maximum atomic E-state index is 12.5. The smallest absolute Gasteiger partial charge is 0.338 e. The van der Waals surface area contributed by atoms with Gasteiger partial charge in [-0.05, 0) is 55.0 Å². The van der Waals surface area contributed by atoms with E-state index in [2.05, 4.69) is 5.32 Å². The summed E-state index contributed by atoms with van der Waals surface area (Å²) in [5.41, 5.74) is 2.63. The van der Waals surface area contributed by atoms with Crippen LogP contribution in [0.15, 0.2) is 52.8 Å². The number of imidazole rings is 1. The molecular formula is C22H20N4O4. The Balaban J connectivity index is 1.82. The van der Waals surface area contributed by atoms with E-state index in [-0.39, 0.29) is 17.9 Å². The van der Waals surface area contributed by atoms with Crippen molar-refractivity contribution < 1.29 is 14.3 Å². The maximum absolute atomic E-state index is 12.5. The van der Waals surface area contributed by atoms with Crippen LogP contribution in [0.3, 0.4) is 0 Å². The standard InChI is InChI=1S/C22H20N4O4/c1-4-30-21(28)15-6-8-17(9-7-15)24-20(27)16(13-23)11-14-5-10-18-19(12-14)26(3)22(29)25(18)2/h5-12H,4H2,1-3H3,(H,24,27)/b16-11+. The quantitative estimate of drug-likeness (QED) is 0.400. The number of nitrogens with zero attached hydrogens (tertiary/aromatic N) is 3. The fourth-order valence-corrected chi connectivity index (χ4v) is 3.03. The molecular weight excluding hydrogens is 384 g/mol. The molecule has 1 amide bonds. The number of amides is 1. The summed E-state index contributed by atoms with van der Waals surface area (Å²) in [6, 6.07) is 13.3. The van der Waals surface area contributed by atoms with Crippen LogP contribution in [0.1, 0.15) is 22.8 Å². The minimum Gasteiger partial charge on any atom is -0.462 e. The fourth-order valence-electron chi connectivity index (χ4n) is 3.03. The summed E-state index contributed by atoms with van der Waals surface area (Å²) in [5, 5.41) is 12.1. The number of hydrogen-bond acceptors (Lipinski definition) is 5. The summed E-state index contributed by atoms with van der Waals surface area (Å²) >= 11 is 0. The molecule has 0 fully saturated rings. The molecule has 0 bridgehead atoms. The zero-order valence-corrected chi connectivity index (χ0v) is 16.8. The van der Waals surface area contributed by atoms with Crippen molar-refractivity contribution in [3.8, 4) is 6.07 Å². The number of aryl methyl sites for hydroxylation is 2. The molecule has 1 N–H and O–H groups in total. The van der Waals surface area contributed by atoms with Crippen LogP contribution < -0.4 is 11.0 Å². The fraction of sp³-hybridized carbons (Fsp3) is 0.182. The molecule has 30 heavy (non-hydrogen) atoms. The summed E-state index contributed by atoms with van der Waals surface area (Å²) in [7, 11) is 3.34. The summed E-state index contributed by atoms with van der Waals surface area (Å²) in [6.45, 7) is 1.99. The lowest BCUT2D eigenvalue weighted by atomic mass is 10.1. The third-order valence-corrected chi connectivity index (χ3v) is 4.63. The highest BCUT2D eigenvalue weighted by molar-refractivity contribution is 6.10.